The summed E-state index contributed by atoms with van der Waals surface area (Å²) in [6, 6.07) is 1.83. The van der Waals surface area contributed by atoms with Gasteiger partial charge in [0.25, 0.3) is 0 Å². The smallest absolute Gasteiger partial charge is 0.325 e. The number of carbonyl (C=O) groups is 1. The summed E-state index contributed by atoms with van der Waals surface area (Å²) in [6.45, 7) is 5.14. The molecule has 1 aromatic rings. The second-order valence-corrected chi connectivity index (χ2v) is 4.08. The van der Waals surface area contributed by atoms with Crippen LogP contribution in [0.2, 0.25) is 0 Å². The zero-order valence-electron chi connectivity index (χ0n) is 11.7. The molecular formula is C13H21N3O3. The fraction of sp³-hybridized carbons (Fsp3) is 0.538. The number of aromatic nitrogens is 1. The molecule has 1 heterocycles. The number of methoxy groups -OCH3 is 1. The number of ether oxygens (including phenoxy) is 2. The highest BCUT2D eigenvalue weighted by Gasteiger charge is 2.16. The van der Waals surface area contributed by atoms with Gasteiger partial charge in [0.1, 0.15) is 6.54 Å². The van der Waals surface area contributed by atoms with E-state index >= 15 is 0 Å². The Balaban J connectivity index is 2.89. The summed E-state index contributed by atoms with van der Waals surface area (Å²) in [5, 5.41) is 0. The molecule has 2 N–H and O–H groups in total. The third-order valence-corrected chi connectivity index (χ3v) is 2.68. The minimum Gasteiger partial charge on any atom is -0.465 e. The number of hydrogen-bond acceptors (Lipinski definition) is 6. The van der Waals surface area contributed by atoms with Gasteiger partial charge in [-0.05, 0) is 25.5 Å². The summed E-state index contributed by atoms with van der Waals surface area (Å²) >= 11 is 0. The second kappa shape index (κ2) is 7.58. The quantitative estimate of drug-likeness (QED) is 0.742. The van der Waals surface area contributed by atoms with Crippen LogP contribution in [0, 0.1) is 6.92 Å². The lowest BCUT2D eigenvalue weighted by Gasteiger charge is -2.24. The van der Waals surface area contributed by atoms with Crippen LogP contribution in [-0.2, 0) is 14.3 Å². The minimum absolute atomic E-state index is 0.109. The van der Waals surface area contributed by atoms with Crippen molar-refractivity contribution in [2.45, 2.75) is 13.8 Å². The molecule has 0 aliphatic rings. The second-order valence-electron chi connectivity index (χ2n) is 4.08. The zero-order chi connectivity index (χ0) is 14.3. The highest BCUT2D eigenvalue weighted by atomic mass is 16.5. The molecule has 106 valence electrons. The van der Waals surface area contributed by atoms with E-state index in [1.54, 1.807) is 25.1 Å². The molecule has 0 bridgehead atoms. The van der Waals surface area contributed by atoms with E-state index in [9.17, 15) is 4.79 Å². The molecule has 0 radical (unpaired) electrons. The van der Waals surface area contributed by atoms with E-state index in [1.807, 2.05) is 13.0 Å². The third kappa shape index (κ3) is 4.40. The Bertz CT molecular complexity index is 424. The summed E-state index contributed by atoms with van der Waals surface area (Å²) in [7, 11) is 1.61. The molecule has 0 spiro atoms. The largest absolute Gasteiger partial charge is 0.465 e. The standard InChI is InChI=1S/C13H21N3O3/c1-4-19-11(17)9-16(7-8-18-3)13-12(14)10(2)5-6-15-13/h5-6H,4,7-9,14H2,1-3H3. The first-order chi connectivity index (χ1) is 9.10. The molecule has 0 aromatic carbocycles. The molecule has 0 aliphatic carbocycles. The molecule has 1 aromatic heterocycles. The van der Waals surface area contributed by atoms with Crippen LogP contribution in [-0.4, -0.2) is 44.4 Å². The first-order valence-corrected chi connectivity index (χ1v) is 6.20. The lowest BCUT2D eigenvalue weighted by Crippen LogP contribution is -2.35. The fourth-order valence-electron chi connectivity index (χ4n) is 1.63. The molecule has 0 amide bonds. The van der Waals surface area contributed by atoms with Crippen LogP contribution in [0.3, 0.4) is 0 Å². The minimum atomic E-state index is -0.304. The maximum Gasteiger partial charge on any atom is 0.325 e. The Kier molecular flexibility index (Phi) is 6.08. The third-order valence-electron chi connectivity index (χ3n) is 2.68. The molecule has 1 rings (SSSR count). The maximum atomic E-state index is 11.6. The van der Waals surface area contributed by atoms with Gasteiger partial charge in [0.2, 0.25) is 0 Å². The predicted octanol–water partition coefficient (Wildman–Crippen LogP) is 0.988. The average molecular weight is 267 g/mol. The van der Waals surface area contributed by atoms with Crippen molar-refractivity contribution in [2.24, 2.45) is 0 Å². The molecule has 0 atom stereocenters. The Hall–Kier alpha value is -1.82. The Labute approximate surface area is 113 Å². The molecule has 0 saturated heterocycles. The summed E-state index contributed by atoms with van der Waals surface area (Å²) in [5.74, 6) is 0.284. The van der Waals surface area contributed by atoms with Gasteiger partial charge in [0.15, 0.2) is 5.82 Å². The lowest BCUT2D eigenvalue weighted by atomic mass is 10.2. The molecule has 0 unspecified atom stereocenters. The predicted molar refractivity (Wildman–Crippen MR) is 74.1 cm³/mol. The summed E-state index contributed by atoms with van der Waals surface area (Å²) in [6.07, 6.45) is 1.67. The number of esters is 1. The number of carbonyl (C=O) groups excluding carboxylic acids is 1. The van der Waals surface area contributed by atoms with E-state index in [1.165, 1.54) is 0 Å². The molecule has 6 heteroatoms. The molecule has 0 fully saturated rings. The van der Waals surface area contributed by atoms with Gasteiger partial charge in [-0.15, -0.1) is 0 Å². The first-order valence-electron chi connectivity index (χ1n) is 6.20. The number of hydrogen-bond donors (Lipinski definition) is 1. The lowest BCUT2D eigenvalue weighted by molar-refractivity contribution is -0.141. The van der Waals surface area contributed by atoms with E-state index in [2.05, 4.69) is 4.98 Å². The van der Waals surface area contributed by atoms with Crippen LogP contribution in [0.15, 0.2) is 12.3 Å². The van der Waals surface area contributed by atoms with Crippen molar-refractivity contribution in [2.75, 3.05) is 44.0 Å². The van der Waals surface area contributed by atoms with Gasteiger partial charge in [-0.25, -0.2) is 4.98 Å². The van der Waals surface area contributed by atoms with Crippen molar-refractivity contribution < 1.29 is 14.3 Å². The van der Waals surface area contributed by atoms with Crippen LogP contribution < -0.4 is 10.6 Å². The summed E-state index contributed by atoms with van der Waals surface area (Å²) in [4.78, 5) is 17.6. The van der Waals surface area contributed by atoms with Gasteiger partial charge >= 0.3 is 5.97 Å². The van der Waals surface area contributed by atoms with Gasteiger partial charge in [-0.3, -0.25) is 4.79 Å². The summed E-state index contributed by atoms with van der Waals surface area (Å²) < 4.78 is 10.00. The van der Waals surface area contributed by atoms with Gasteiger partial charge < -0.3 is 20.1 Å². The van der Waals surface area contributed by atoms with Crippen LogP contribution >= 0.6 is 0 Å². The van der Waals surface area contributed by atoms with Crippen molar-refractivity contribution in [1.29, 1.82) is 0 Å². The number of aryl methyl sites for hydroxylation is 1. The Morgan fingerprint density at radius 1 is 1.53 bits per heavy atom. The van der Waals surface area contributed by atoms with Gasteiger partial charge in [0.05, 0.1) is 18.9 Å². The van der Waals surface area contributed by atoms with E-state index in [4.69, 9.17) is 15.2 Å². The fourth-order valence-corrected chi connectivity index (χ4v) is 1.63. The zero-order valence-corrected chi connectivity index (χ0v) is 11.7. The van der Waals surface area contributed by atoms with Crippen molar-refractivity contribution >= 4 is 17.5 Å². The van der Waals surface area contributed by atoms with Gasteiger partial charge in [-0.2, -0.15) is 0 Å². The molecule has 0 aliphatic heterocycles. The first kappa shape index (κ1) is 15.2. The number of anilines is 2. The average Bonchev–Trinajstić information content (AvgIpc) is 2.38. The van der Waals surface area contributed by atoms with Crippen LogP contribution in [0.4, 0.5) is 11.5 Å². The number of rotatable bonds is 7. The molecular weight excluding hydrogens is 246 g/mol. The van der Waals surface area contributed by atoms with E-state index in [-0.39, 0.29) is 12.5 Å². The Morgan fingerprint density at radius 3 is 2.89 bits per heavy atom. The Morgan fingerprint density at radius 2 is 2.26 bits per heavy atom. The van der Waals surface area contributed by atoms with Crippen LogP contribution in [0.5, 0.6) is 0 Å². The van der Waals surface area contributed by atoms with Crippen molar-refractivity contribution in [3.8, 4) is 0 Å². The van der Waals surface area contributed by atoms with E-state index in [0.717, 1.165) is 5.56 Å². The topological polar surface area (TPSA) is 77.7 Å². The van der Waals surface area contributed by atoms with E-state index < -0.39 is 0 Å². The van der Waals surface area contributed by atoms with Crippen molar-refractivity contribution in [3.05, 3.63) is 17.8 Å². The monoisotopic (exact) mass is 267 g/mol. The summed E-state index contributed by atoms with van der Waals surface area (Å²) in [5.41, 5.74) is 7.51. The van der Waals surface area contributed by atoms with Gasteiger partial charge in [0, 0.05) is 19.9 Å². The van der Waals surface area contributed by atoms with E-state index in [0.29, 0.717) is 31.3 Å². The van der Waals surface area contributed by atoms with Crippen molar-refractivity contribution in [1.82, 2.24) is 4.98 Å². The SMILES string of the molecule is CCOC(=O)CN(CCOC)c1nccc(C)c1N. The van der Waals surface area contributed by atoms with Crippen LogP contribution in [0.25, 0.3) is 0 Å². The molecule has 6 nitrogen and oxygen atoms in total. The normalized spacial score (nSPS) is 10.3. The highest BCUT2D eigenvalue weighted by molar-refractivity contribution is 5.78. The maximum absolute atomic E-state index is 11.6. The number of pyridine rings is 1. The number of nitrogen functional groups attached to an aromatic ring is 1. The molecule has 19 heavy (non-hydrogen) atoms. The number of nitrogens with two attached hydrogens (primary N) is 1. The highest BCUT2D eigenvalue weighted by Crippen LogP contribution is 2.22. The van der Waals surface area contributed by atoms with Crippen molar-refractivity contribution in [3.63, 3.8) is 0 Å². The van der Waals surface area contributed by atoms with Crippen LogP contribution in [0.1, 0.15) is 12.5 Å². The number of nitrogens with zero attached hydrogens (tertiary/aromatic N) is 2. The van der Waals surface area contributed by atoms with Gasteiger partial charge in [-0.1, -0.05) is 0 Å². The molecule has 0 saturated carbocycles.